The van der Waals surface area contributed by atoms with Gasteiger partial charge in [0.1, 0.15) is 0 Å². The molecule has 0 saturated heterocycles. The smallest absolute Gasteiger partial charge is 0.201 e. The molecule has 0 bridgehead atoms. The van der Waals surface area contributed by atoms with Gasteiger partial charge in [-0.1, -0.05) is 30.7 Å². The summed E-state index contributed by atoms with van der Waals surface area (Å²) in [4.78, 5) is 0. The van der Waals surface area contributed by atoms with Gasteiger partial charge >= 0.3 is 0 Å². The Labute approximate surface area is 117 Å². The molecule has 2 aromatic rings. The number of hydrogen-bond acceptors (Lipinski definition) is 1. The van der Waals surface area contributed by atoms with Gasteiger partial charge in [0.25, 0.3) is 0 Å². The number of methoxy groups -OCH3 is 1. The number of rotatable bonds is 3. The van der Waals surface area contributed by atoms with Crippen molar-refractivity contribution in [3.05, 3.63) is 53.6 Å². The highest BCUT2D eigenvalue weighted by Gasteiger charge is 2.20. The second kappa shape index (κ2) is 5.23. The van der Waals surface area contributed by atoms with Crippen LogP contribution in [0.15, 0.2) is 36.4 Å². The first-order chi connectivity index (χ1) is 9.70. The van der Waals surface area contributed by atoms with Gasteiger partial charge in [0.15, 0.2) is 11.6 Å². The van der Waals surface area contributed by atoms with Gasteiger partial charge < -0.3 is 4.74 Å². The van der Waals surface area contributed by atoms with Gasteiger partial charge in [0, 0.05) is 5.56 Å². The van der Waals surface area contributed by atoms with Crippen molar-refractivity contribution < 1.29 is 13.5 Å². The lowest BCUT2D eigenvalue weighted by Crippen LogP contribution is -2.08. The van der Waals surface area contributed by atoms with Crippen LogP contribution in [0.5, 0.6) is 5.75 Å². The van der Waals surface area contributed by atoms with E-state index in [9.17, 15) is 8.78 Å². The Morgan fingerprint density at radius 2 is 1.65 bits per heavy atom. The van der Waals surface area contributed by atoms with Crippen molar-refractivity contribution in [2.45, 2.75) is 25.2 Å². The van der Waals surface area contributed by atoms with E-state index in [2.05, 4.69) is 0 Å². The Balaban J connectivity index is 1.94. The molecule has 20 heavy (non-hydrogen) atoms. The van der Waals surface area contributed by atoms with Gasteiger partial charge in [-0.05, 0) is 42.0 Å². The van der Waals surface area contributed by atoms with Crippen molar-refractivity contribution in [1.82, 2.24) is 0 Å². The summed E-state index contributed by atoms with van der Waals surface area (Å²) in [6.07, 6.45) is 3.74. The Morgan fingerprint density at radius 3 is 2.20 bits per heavy atom. The van der Waals surface area contributed by atoms with Crippen LogP contribution >= 0.6 is 0 Å². The van der Waals surface area contributed by atoms with E-state index in [1.54, 1.807) is 6.07 Å². The van der Waals surface area contributed by atoms with Crippen LogP contribution in [0.2, 0.25) is 0 Å². The Morgan fingerprint density at radius 1 is 0.950 bits per heavy atom. The molecule has 0 unspecified atom stereocenters. The quantitative estimate of drug-likeness (QED) is 0.773. The zero-order valence-electron chi connectivity index (χ0n) is 11.3. The summed E-state index contributed by atoms with van der Waals surface area (Å²) in [5.41, 5.74) is 2.24. The van der Waals surface area contributed by atoms with Crippen molar-refractivity contribution in [3.8, 4) is 16.9 Å². The van der Waals surface area contributed by atoms with Crippen molar-refractivity contribution in [2.75, 3.05) is 7.11 Å². The van der Waals surface area contributed by atoms with E-state index in [-0.39, 0.29) is 11.3 Å². The first-order valence-electron chi connectivity index (χ1n) is 6.83. The Bertz CT molecular complexity index is 616. The summed E-state index contributed by atoms with van der Waals surface area (Å²) in [7, 11) is 1.32. The number of hydrogen-bond donors (Lipinski definition) is 0. The molecule has 104 valence electrons. The minimum Gasteiger partial charge on any atom is -0.494 e. The molecule has 0 aliphatic heterocycles. The van der Waals surface area contributed by atoms with Gasteiger partial charge in [0.2, 0.25) is 5.82 Å². The molecule has 0 amide bonds. The maximum absolute atomic E-state index is 14.0. The lowest BCUT2D eigenvalue weighted by Gasteiger charge is -2.25. The van der Waals surface area contributed by atoms with Crippen molar-refractivity contribution in [3.63, 3.8) is 0 Å². The maximum atomic E-state index is 14.0. The highest BCUT2D eigenvalue weighted by Crippen LogP contribution is 2.37. The lowest BCUT2D eigenvalue weighted by atomic mass is 9.80. The number of halogens is 2. The summed E-state index contributed by atoms with van der Waals surface area (Å²) in [6, 6.07) is 10.8. The van der Waals surface area contributed by atoms with E-state index in [1.807, 2.05) is 24.3 Å². The predicted molar refractivity (Wildman–Crippen MR) is 74.9 cm³/mol. The summed E-state index contributed by atoms with van der Waals surface area (Å²) < 4.78 is 32.5. The first-order valence-corrected chi connectivity index (χ1v) is 6.83. The third-order valence-corrected chi connectivity index (χ3v) is 4.07. The van der Waals surface area contributed by atoms with Gasteiger partial charge in [-0.25, -0.2) is 4.39 Å². The van der Waals surface area contributed by atoms with Crippen molar-refractivity contribution in [1.29, 1.82) is 0 Å². The molecule has 3 rings (SSSR count). The average molecular weight is 274 g/mol. The largest absolute Gasteiger partial charge is 0.494 e. The van der Waals surface area contributed by atoms with Crippen LogP contribution in [0.3, 0.4) is 0 Å². The zero-order chi connectivity index (χ0) is 14.1. The molecule has 2 aromatic carbocycles. The second-order valence-electron chi connectivity index (χ2n) is 5.19. The molecule has 0 atom stereocenters. The van der Waals surface area contributed by atoms with Crippen molar-refractivity contribution in [2.24, 2.45) is 0 Å². The third kappa shape index (κ3) is 2.17. The first kappa shape index (κ1) is 13.1. The minimum absolute atomic E-state index is 0.0719. The highest BCUT2D eigenvalue weighted by molar-refractivity contribution is 5.65. The molecule has 0 radical (unpaired) electrons. The van der Waals surface area contributed by atoms with Crippen LogP contribution in [0.25, 0.3) is 11.1 Å². The van der Waals surface area contributed by atoms with Gasteiger partial charge in [-0.3, -0.25) is 0 Å². The van der Waals surface area contributed by atoms with Crippen LogP contribution in [0, 0.1) is 11.6 Å². The molecular formula is C17H16F2O. The third-order valence-electron chi connectivity index (χ3n) is 4.07. The summed E-state index contributed by atoms with van der Waals surface area (Å²) in [5, 5.41) is 0. The fourth-order valence-corrected chi connectivity index (χ4v) is 2.59. The molecule has 3 heteroatoms. The monoisotopic (exact) mass is 274 g/mol. The maximum Gasteiger partial charge on any atom is 0.201 e. The van der Waals surface area contributed by atoms with Gasteiger partial charge in [0.05, 0.1) is 7.11 Å². The van der Waals surface area contributed by atoms with Crippen molar-refractivity contribution >= 4 is 0 Å². The molecular weight excluding hydrogens is 258 g/mol. The molecule has 0 spiro atoms. The molecule has 1 nitrogen and oxygen atoms in total. The molecule has 1 saturated carbocycles. The summed E-state index contributed by atoms with van der Waals surface area (Å²) in [5.74, 6) is -1.23. The Hall–Kier alpha value is -1.90. The van der Waals surface area contributed by atoms with Gasteiger partial charge in [-0.2, -0.15) is 4.39 Å². The second-order valence-corrected chi connectivity index (χ2v) is 5.19. The zero-order valence-corrected chi connectivity index (χ0v) is 11.3. The molecule has 0 heterocycles. The molecule has 1 aliphatic carbocycles. The van der Waals surface area contributed by atoms with Gasteiger partial charge in [-0.15, -0.1) is 0 Å². The van der Waals surface area contributed by atoms with E-state index < -0.39 is 11.6 Å². The van der Waals surface area contributed by atoms with Crippen LogP contribution in [-0.4, -0.2) is 7.11 Å². The topological polar surface area (TPSA) is 9.23 Å². The van der Waals surface area contributed by atoms with E-state index in [4.69, 9.17) is 4.74 Å². The molecule has 0 aromatic heterocycles. The summed E-state index contributed by atoms with van der Waals surface area (Å²) in [6.45, 7) is 0. The molecule has 1 aliphatic rings. The number of benzene rings is 2. The summed E-state index contributed by atoms with van der Waals surface area (Å²) >= 11 is 0. The number of ether oxygens (including phenoxy) is 1. The van der Waals surface area contributed by atoms with Crippen LogP contribution in [-0.2, 0) is 0 Å². The Kier molecular flexibility index (Phi) is 3.43. The van der Waals surface area contributed by atoms with Crippen LogP contribution in [0.4, 0.5) is 8.78 Å². The predicted octanol–water partition coefficient (Wildman–Crippen LogP) is 4.91. The lowest BCUT2D eigenvalue weighted by molar-refractivity contribution is 0.372. The minimum atomic E-state index is -0.937. The van der Waals surface area contributed by atoms with E-state index >= 15 is 0 Å². The van der Waals surface area contributed by atoms with E-state index in [0.29, 0.717) is 11.5 Å². The molecule has 0 N–H and O–H groups in total. The standard InChI is InChI=1S/C17H16F2O/c1-20-15-10-9-14(16(18)17(15)19)13-7-5-12(6-8-13)11-3-2-4-11/h5-11H,2-4H2,1H3. The highest BCUT2D eigenvalue weighted by atomic mass is 19.2. The average Bonchev–Trinajstić information content (AvgIpc) is 2.41. The van der Waals surface area contributed by atoms with E-state index in [1.165, 1.54) is 38.0 Å². The molecule has 1 fully saturated rings. The van der Waals surface area contributed by atoms with Crippen LogP contribution in [0.1, 0.15) is 30.7 Å². The van der Waals surface area contributed by atoms with E-state index in [0.717, 1.165) is 0 Å². The fourth-order valence-electron chi connectivity index (χ4n) is 2.59. The fraction of sp³-hybridized carbons (Fsp3) is 0.294. The normalized spacial score (nSPS) is 14.9. The van der Waals surface area contributed by atoms with Crippen LogP contribution < -0.4 is 4.74 Å². The SMILES string of the molecule is COc1ccc(-c2ccc(C3CCC3)cc2)c(F)c1F.